The Morgan fingerprint density at radius 1 is 1.40 bits per heavy atom. The summed E-state index contributed by atoms with van der Waals surface area (Å²) < 4.78 is 5.27. The first-order chi connectivity index (χ1) is 9.70. The second-order valence-corrected chi connectivity index (χ2v) is 4.61. The minimum atomic E-state index is -0.440. The van der Waals surface area contributed by atoms with Gasteiger partial charge in [-0.2, -0.15) is 0 Å². The van der Waals surface area contributed by atoms with Gasteiger partial charge in [-0.05, 0) is 18.1 Å². The van der Waals surface area contributed by atoms with Gasteiger partial charge in [-0.1, -0.05) is 36.4 Å². The normalized spacial score (nSPS) is 17.9. The van der Waals surface area contributed by atoms with Gasteiger partial charge >= 0.3 is 6.09 Å². The van der Waals surface area contributed by atoms with Crippen LogP contribution in [0.1, 0.15) is 18.4 Å². The van der Waals surface area contributed by atoms with Crippen molar-refractivity contribution in [2.24, 2.45) is 0 Å². The van der Waals surface area contributed by atoms with Gasteiger partial charge in [0.25, 0.3) is 0 Å². The van der Waals surface area contributed by atoms with Crippen LogP contribution in [0.2, 0.25) is 0 Å². The SMILES string of the molecule is C=CC[C@H]1CC(=O)C=CN1C(=O)OCc1ccccc1. The number of allylic oxidation sites excluding steroid dienone is 1. The van der Waals surface area contributed by atoms with Gasteiger partial charge in [0.2, 0.25) is 0 Å². The second kappa shape index (κ2) is 6.70. The van der Waals surface area contributed by atoms with Crippen molar-refractivity contribution < 1.29 is 14.3 Å². The van der Waals surface area contributed by atoms with E-state index in [1.165, 1.54) is 17.2 Å². The molecule has 1 amide bonds. The largest absolute Gasteiger partial charge is 0.444 e. The molecule has 0 saturated carbocycles. The fourth-order valence-corrected chi connectivity index (χ4v) is 2.08. The zero-order valence-electron chi connectivity index (χ0n) is 11.2. The van der Waals surface area contributed by atoms with E-state index in [4.69, 9.17) is 4.74 Å². The molecule has 1 aliphatic rings. The van der Waals surface area contributed by atoms with Gasteiger partial charge in [-0.15, -0.1) is 6.58 Å². The molecule has 0 bridgehead atoms. The van der Waals surface area contributed by atoms with E-state index in [-0.39, 0.29) is 18.4 Å². The maximum Gasteiger partial charge on any atom is 0.414 e. The molecule has 1 aliphatic heterocycles. The van der Waals surface area contributed by atoms with E-state index >= 15 is 0 Å². The number of benzene rings is 1. The van der Waals surface area contributed by atoms with Crippen molar-refractivity contribution in [3.63, 3.8) is 0 Å². The molecule has 0 aliphatic carbocycles. The molecule has 0 N–H and O–H groups in total. The number of amides is 1. The average molecular weight is 271 g/mol. The first kappa shape index (κ1) is 14.1. The Labute approximate surface area is 118 Å². The Balaban J connectivity index is 1.98. The van der Waals surface area contributed by atoms with Crippen molar-refractivity contribution in [3.05, 3.63) is 60.8 Å². The van der Waals surface area contributed by atoms with Gasteiger partial charge in [-0.3, -0.25) is 9.69 Å². The van der Waals surface area contributed by atoms with Crippen LogP contribution in [0, 0.1) is 0 Å². The summed E-state index contributed by atoms with van der Waals surface area (Å²) in [5, 5.41) is 0. The maximum atomic E-state index is 12.1. The van der Waals surface area contributed by atoms with Gasteiger partial charge in [0.1, 0.15) is 6.61 Å². The van der Waals surface area contributed by atoms with E-state index in [1.54, 1.807) is 6.08 Å². The summed E-state index contributed by atoms with van der Waals surface area (Å²) in [5.74, 6) is 0.0176. The van der Waals surface area contributed by atoms with Crippen LogP contribution in [0.3, 0.4) is 0 Å². The minimum Gasteiger partial charge on any atom is -0.444 e. The lowest BCUT2D eigenvalue weighted by molar-refractivity contribution is -0.116. The predicted octanol–water partition coefficient (Wildman–Crippen LogP) is 3.06. The van der Waals surface area contributed by atoms with Crippen LogP contribution in [0.5, 0.6) is 0 Å². The van der Waals surface area contributed by atoms with E-state index in [0.717, 1.165) is 5.56 Å². The van der Waals surface area contributed by atoms with Crippen LogP contribution < -0.4 is 0 Å². The molecular formula is C16H17NO3. The zero-order chi connectivity index (χ0) is 14.4. The topological polar surface area (TPSA) is 46.6 Å². The fraction of sp³-hybridized carbons (Fsp3) is 0.250. The molecule has 4 nitrogen and oxygen atoms in total. The highest BCUT2D eigenvalue weighted by Gasteiger charge is 2.27. The third kappa shape index (κ3) is 3.57. The van der Waals surface area contributed by atoms with E-state index in [0.29, 0.717) is 12.8 Å². The first-order valence-electron chi connectivity index (χ1n) is 6.51. The van der Waals surface area contributed by atoms with Crippen LogP contribution in [0.4, 0.5) is 4.79 Å². The third-order valence-corrected chi connectivity index (χ3v) is 3.11. The summed E-state index contributed by atoms with van der Waals surface area (Å²) in [5.41, 5.74) is 0.929. The Hall–Kier alpha value is -2.36. The number of carbonyl (C=O) groups is 2. The van der Waals surface area contributed by atoms with E-state index < -0.39 is 6.09 Å². The van der Waals surface area contributed by atoms with Crippen LogP contribution in [-0.4, -0.2) is 22.8 Å². The van der Waals surface area contributed by atoms with Gasteiger partial charge in [0.15, 0.2) is 5.78 Å². The summed E-state index contributed by atoms with van der Waals surface area (Å²) in [6.45, 7) is 3.87. The number of rotatable bonds is 4. The Morgan fingerprint density at radius 2 is 2.15 bits per heavy atom. The molecule has 20 heavy (non-hydrogen) atoms. The number of hydrogen-bond donors (Lipinski definition) is 0. The highest BCUT2D eigenvalue weighted by Crippen LogP contribution is 2.18. The number of ketones is 1. The minimum absolute atomic E-state index is 0.0176. The molecule has 0 aromatic heterocycles. The van der Waals surface area contributed by atoms with Crippen molar-refractivity contribution >= 4 is 11.9 Å². The van der Waals surface area contributed by atoms with Crippen LogP contribution in [-0.2, 0) is 16.1 Å². The molecule has 1 aromatic carbocycles. The molecule has 0 saturated heterocycles. The fourth-order valence-electron chi connectivity index (χ4n) is 2.08. The lowest BCUT2D eigenvalue weighted by atomic mass is 10.0. The summed E-state index contributed by atoms with van der Waals surface area (Å²) in [6.07, 6.45) is 5.04. The molecule has 0 unspecified atom stereocenters. The molecule has 1 aromatic rings. The summed E-state index contributed by atoms with van der Waals surface area (Å²) in [7, 11) is 0. The number of ether oxygens (including phenoxy) is 1. The number of hydrogen-bond acceptors (Lipinski definition) is 3. The van der Waals surface area contributed by atoms with Crippen molar-refractivity contribution in [1.29, 1.82) is 0 Å². The Morgan fingerprint density at radius 3 is 2.85 bits per heavy atom. The highest BCUT2D eigenvalue weighted by molar-refractivity contribution is 5.92. The van der Waals surface area contributed by atoms with Gasteiger partial charge in [0, 0.05) is 12.6 Å². The Kier molecular flexibility index (Phi) is 4.71. The molecule has 2 rings (SSSR count). The van der Waals surface area contributed by atoms with Gasteiger partial charge < -0.3 is 4.74 Å². The van der Waals surface area contributed by atoms with Crippen molar-refractivity contribution in [2.45, 2.75) is 25.5 Å². The molecule has 0 radical (unpaired) electrons. The van der Waals surface area contributed by atoms with Crippen LogP contribution in [0.25, 0.3) is 0 Å². The van der Waals surface area contributed by atoms with Gasteiger partial charge in [-0.25, -0.2) is 4.79 Å². The van der Waals surface area contributed by atoms with Crippen molar-refractivity contribution in [3.8, 4) is 0 Å². The van der Waals surface area contributed by atoms with Gasteiger partial charge in [0.05, 0.1) is 6.04 Å². The molecular weight excluding hydrogens is 254 g/mol. The molecule has 0 fully saturated rings. The standard InChI is InChI=1S/C16H17NO3/c1-2-6-14-11-15(18)9-10-17(14)16(19)20-12-13-7-4-3-5-8-13/h2-5,7-10,14H,1,6,11-12H2/t14-/m0/s1. The molecule has 1 atom stereocenters. The van der Waals surface area contributed by atoms with Crippen molar-refractivity contribution in [1.82, 2.24) is 4.90 Å². The summed E-state index contributed by atoms with van der Waals surface area (Å²) in [6, 6.07) is 9.28. The highest BCUT2D eigenvalue weighted by atomic mass is 16.6. The molecule has 0 spiro atoms. The lowest BCUT2D eigenvalue weighted by Gasteiger charge is -2.29. The van der Waals surface area contributed by atoms with E-state index in [1.807, 2.05) is 30.3 Å². The smallest absolute Gasteiger partial charge is 0.414 e. The van der Waals surface area contributed by atoms with E-state index in [9.17, 15) is 9.59 Å². The van der Waals surface area contributed by atoms with E-state index in [2.05, 4.69) is 6.58 Å². The Bertz CT molecular complexity index is 522. The predicted molar refractivity (Wildman–Crippen MR) is 75.8 cm³/mol. The summed E-state index contributed by atoms with van der Waals surface area (Å²) >= 11 is 0. The number of carbonyl (C=O) groups excluding carboxylic acids is 2. The quantitative estimate of drug-likeness (QED) is 0.791. The van der Waals surface area contributed by atoms with Crippen LogP contribution in [0.15, 0.2) is 55.3 Å². The number of nitrogens with zero attached hydrogens (tertiary/aromatic N) is 1. The molecule has 1 heterocycles. The zero-order valence-corrected chi connectivity index (χ0v) is 11.2. The molecule has 4 heteroatoms. The molecule has 104 valence electrons. The second-order valence-electron chi connectivity index (χ2n) is 4.61. The summed E-state index contributed by atoms with van der Waals surface area (Å²) in [4.78, 5) is 24.9. The first-order valence-corrected chi connectivity index (χ1v) is 6.51. The maximum absolute atomic E-state index is 12.1. The monoisotopic (exact) mass is 271 g/mol. The van der Waals surface area contributed by atoms with Crippen molar-refractivity contribution in [2.75, 3.05) is 0 Å². The lowest BCUT2D eigenvalue weighted by Crippen LogP contribution is -2.40. The average Bonchev–Trinajstić information content (AvgIpc) is 2.46. The van der Waals surface area contributed by atoms with Crippen LogP contribution >= 0.6 is 0 Å². The third-order valence-electron chi connectivity index (χ3n) is 3.11.